The van der Waals surface area contributed by atoms with Gasteiger partial charge in [0.15, 0.2) is 11.5 Å². The van der Waals surface area contributed by atoms with Crippen LogP contribution in [0.15, 0.2) is 48.5 Å². The van der Waals surface area contributed by atoms with E-state index in [0.717, 1.165) is 36.0 Å². The zero-order chi connectivity index (χ0) is 13.2. The summed E-state index contributed by atoms with van der Waals surface area (Å²) in [6.45, 7) is 1.95. The molecule has 0 saturated carbocycles. The van der Waals surface area contributed by atoms with Crippen LogP contribution in [0.3, 0.4) is 0 Å². The lowest BCUT2D eigenvalue weighted by molar-refractivity contribution is 0.413. The number of fused-ring (bicyclic) bond motifs is 2. The van der Waals surface area contributed by atoms with E-state index in [4.69, 9.17) is 4.74 Å². The van der Waals surface area contributed by atoms with E-state index in [1.165, 1.54) is 0 Å². The zero-order valence-corrected chi connectivity index (χ0v) is 11.3. The SMILES string of the molecule is CN(C)CCN1c2ccccc2Oc2ccccc21. The summed E-state index contributed by atoms with van der Waals surface area (Å²) >= 11 is 0. The first-order chi connectivity index (χ1) is 9.25. The molecule has 2 aromatic carbocycles. The predicted octanol–water partition coefficient (Wildman–Crippen LogP) is 3.49. The van der Waals surface area contributed by atoms with Crippen molar-refractivity contribution >= 4 is 11.4 Å². The molecule has 0 amide bonds. The number of rotatable bonds is 3. The predicted molar refractivity (Wildman–Crippen MR) is 78.5 cm³/mol. The molecule has 0 aromatic heterocycles. The van der Waals surface area contributed by atoms with E-state index in [1.54, 1.807) is 0 Å². The topological polar surface area (TPSA) is 15.7 Å². The zero-order valence-electron chi connectivity index (χ0n) is 11.3. The van der Waals surface area contributed by atoms with E-state index in [9.17, 15) is 0 Å². The maximum atomic E-state index is 5.96. The maximum Gasteiger partial charge on any atom is 0.151 e. The molecule has 0 bridgehead atoms. The summed E-state index contributed by atoms with van der Waals surface area (Å²) in [5.41, 5.74) is 2.28. The smallest absolute Gasteiger partial charge is 0.151 e. The second kappa shape index (κ2) is 4.94. The van der Waals surface area contributed by atoms with Crippen molar-refractivity contribution in [1.82, 2.24) is 4.90 Å². The fourth-order valence-electron chi connectivity index (χ4n) is 2.32. The number of benzene rings is 2. The van der Waals surface area contributed by atoms with Crippen LogP contribution in [0.25, 0.3) is 0 Å². The minimum absolute atomic E-state index is 0.931. The van der Waals surface area contributed by atoms with Gasteiger partial charge in [-0.1, -0.05) is 24.3 Å². The molecule has 2 aromatic rings. The van der Waals surface area contributed by atoms with Crippen molar-refractivity contribution in [3.8, 4) is 11.5 Å². The molecule has 19 heavy (non-hydrogen) atoms. The number of ether oxygens (including phenoxy) is 1. The van der Waals surface area contributed by atoms with Crippen LogP contribution >= 0.6 is 0 Å². The second-order valence-corrected chi connectivity index (χ2v) is 4.99. The fourth-order valence-corrected chi connectivity index (χ4v) is 2.32. The van der Waals surface area contributed by atoms with Crippen molar-refractivity contribution in [3.63, 3.8) is 0 Å². The van der Waals surface area contributed by atoms with Crippen LogP contribution in [0.1, 0.15) is 0 Å². The average Bonchev–Trinajstić information content (AvgIpc) is 2.43. The van der Waals surface area contributed by atoms with Crippen molar-refractivity contribution < 1.29 is 4.74 Å². The molecule has 0 radical (unpaired) electrons. The van der Waals surface area contributed by atoms with Gasteiger partial charge in [-0.25, -0.2) is 0 Å². The van der Waals surface area contributed by atoms with Gasteiger partial charge in [0, 0.05) is 13.1 Å². The van der Waals surface area contributed by atoms with Crippen molar-refractivity contribution in [3.05, 3.63) is 48.5 Å². The van der Waals surface area contributed by atoms with Crippen molar-refractivity contribution in [2.24, 2.45) is 0 Å². The van der Waals surface area contributed by atoms with Crippen LogP contribution in [-0.4, -0.2) is 32.1 Å². The Bertz CT molecular complexity index is 535. The molecular weight excluding hydrogens is 236 g/mol. The highest BCUT2D eigenvalue weighted by Gasteiger charge is 2.23. The second-order valence-electron chi connectivity index (χ2n) is 4.99. The lowest BCUT2D eigenvalue weighted by Crippen LogP contribution is -2.29. The normalized spacial score (nSPS) is 12.9. The molecule has 1 aliphatic rings. The van der Waals surface area contributed by atoms with E-state index in [-0.39, 0.29) is 0 Å². The Morgan fingerprint density at radius 1 is 0.895 bits per heavy atom. The Morgan fingerprint density at radius 3 is 1.95 bits per heavy atom. The first kappa shape index (κ1) is 12.1. The number of para-hydroxylation sites is 4. The Morgan fingerprint density at radius 2 is 1.42 bits per heavy atom. The van der Waals surface area contributed by atoms with Crippen molar-refractivity contribution in [2.45, 2.75) is 0 Å². The van der Waals surface area contributed by atoms with Gasteiger partial charge in [-0.3, -0.25) is 0 Å². The first-order valence-electron chi connectivity index (χ1n) is 6.54. The van der Waals surface area contributed by atoms with E-state index in [1.807, 2.05) is 24.3 Å². The maximum absolute atomic E-state index is 5.96. The summed E-state index contributed by atoms with van der Waals surface area (Å²) in [5, 5.41) is 0. The van der Waals surface area contributed by atoms with Gasteiger partial charge in [0.1, 0.15) is 0 Å². The van der Waals surface area contributed by atoms with E-state index >= 15 is 0 Å². The third-order valence-corrected chi connectivity index (χ3v) is 3.30. The van der Waals surface area contributed by atoms with Crippen LogP contribution in [0.2, 0.25) is 0 Å². The number of likely N-dealkylation sites (N-methyl/N-ethyl adjacent to an activating group) is 1. The molecule has 3 rings (SSSR count). The molecule has 0 N–H and O–H groups in total. The first-order valence-corrected chi connectivity index (χ1v) is 6.54. The average molecular weight is 254 g/mol. The highest BCUT2D eigenvalue weighted by molar-refractivity contribution is 5.77. The molecule has 0 spiro atoms. The van der Waals surface area contributed by atoms with Crippen LogP contribution in [-0.2, 0) is 0 Å². The van der Waals surface area contributed by atoms with Gasteiger partial charge in [-0.2, -0.15) is 0 Å². The van der Waals surface area contributed by atoms with E-state index in [0.29, 0.717) is 0 Å². The van der Waals surface area contributed by atoms with Gasteiger partial charge in [0.25, 0.3) is 0 Å². The Hall–Kier alpha value is -2.00. The number of nitrogens with zero attached hydrogens (tertiary/aromatic N) is 2. The monoisotopic (exact) mass is 254 g/mol. The Balaban J connectivity index is 2.01. The molecule has 1 heterocycles. The largest absolute Gasteiger partial charge is 0.453 e. The summed E-state index contributed by atoms with van der Waals surface area (Å²) in [4.78, 5) is 4.52. The van der Waals surface area contributed by atoms with Crippen LogP contribution in [0.4, 0.5) is 11.4 Å². The summed E-state index contributed by atoms with van der Waals surface area (Å²) in [5.74, 6) is 1.86. The highest BCUT2D eigenvalue weighted by atomic mass is 16.5. The lowest BCUT2D eigenvalue weighted by Gasteiger charge is -2.33. The third kappa shape index (κ3) is 2.29. The number of anilines is 2. The number of hydrogen-bond acceptors (Lipinski definition) is 3. The van der Waals surface area contributed by atoms with E-state index < -0.39 is 0 Å². The molecule has 0 atom stereocenters. The summed E-state index contributed by atoms with van der Waals surface area (Å²) in [6, 6.07) is 16.4. The molecular formula is C16H18N2O. The Labute approximate surface area is 114 Å². The van der Waals surface area contributed by atoms with Crippen LogP contribution in [0, 0.1) is 0 Å². The molecule has 98 valence electrons. The summed E-state index contributed by atoms with van der Waals surface area (Å²) in [7, 11) is 4.19. The van der Waals surface area contributed by atoms with Gasteiger partial charge in [0.2, 0.25) is 0 Å². The van der Waals surface area contributed by atoms with Gasteiger partial charge < -0.3 is 14.5 Å². The van der Waals surface area contributed by atoms with Crippen molar-refractivity contribution in [2.75, 3.05) is 32.1 Å². The molecule has 0 saturated heterocycles. The standard InChI is InChI=1S/C16H18N2O/c1-17(2)11-12-18-13-7-3-5-9-15(13)19-16-10-6-4-8-14(16)18/h3-10H,11-12H2,1-2H3. The fraction of sp³-hybridized carbons (Fsp3) is 0.250. The van der Waals surface area contributed by atoms with Gasteiger partial charge >= 0.3 is 0 Å². The molecule has 0 fully saturated rings. The minimum atomic E-state index is 0.931. The quantitative estimate of drug-likeness (QED) is 0.834. The summed E-state index contributed by atoms with van der Waals surface area (Å²) in [6.07, 6.45) is 0. The minimum Gasteiger partial charge on any atom is -0.453 e. The molecule has 3 heteroatoms. The van der Waals surface area contributed by atoms with E-state index in [2.05, 4.69) is 48.2 Å². The van der Waals surface area contributed by atoms with Crippen LogP contribution < -0.4 is 9.64 Å². The van der Waals surface area contributed by atoms with Gasteiger partial charge in [-0.15, -0.1) is 0 Å². The van der Waals surface area contributed by atoms with Gasteiger partial charge in [-0.05, 0) is 38.4 Å². The number of hydrogen-bond donors (Lipinski definition) is 0. The Kier molecular flexibility index (Phi) is 3.13. The molecule has 0 aliphatic carbocycles. The lowest BCUT2D eigenvalue weighted by atomic mass is 10.1. The molecule has 0 unspecified atom stereocenters. The summed E-state index contributed by atoms with van der Waals surface area (Å²) < 4.78 is 5.96. The van der Waals surface area contributed by atoms with Gasteiger partial charge in [0.05, 0.1) is 11.4 Å². The van der Waals surface area contributed by atoms with Crippen LogP contribution in [0.5, 0.6) is 11.5 Å². The molecule has 1 aliphatic heterocycles. The molecule has 3 nitrogen and oxygen atoms in total. The third-order valence-electron chi connectivity index (χ3n) is 3.30. The van der Waals surface area contributed by atoms with Crippen molar-refractivity contribution in [1.29, 1.82) is 0 Å². The highest BCUT2D eigenvalue weighted by Crippen LogP contribution is 2.45.